The van der Waals surface area contributed by atoms with Crippen LogP contribution in [0.5, 0.6) is 0 Å². The van der Waals surface area contributed by atoms with Crippen LogP contribution in [0.1, 0.15) is 30.9 Å². The van der Waals surface area contributed by atoms with Gasteiger partial charge in [0.05, 0.1) is 18.6 Å². The molecule has 2 aromatic carbocycles. The van der Waals surface area contributed by atoms with E-state index in [0.717, 1.165) is 19.4 Å². The van der Waals surface area contributed by atoms with Crippen LogP contribution in [0.2, 0.25) is 0 Å². The van der Waals surface area contributed by atoms with Gasteiger partial charge in [-0.1, -0.05) is 42.5 Å². The molecule has 1 aliphatic heterocycles. The van der Waals surface area contributed by atoms with Gasteiger partial charge in [0.1, 0.15) is 0 Å². The van der Waals surface area contributed by atoms with Crippen LogP contribution in [0.15, 0.2) is 42.5 Å². The van der Waals surface area contributed by atoms with Gasteiger partial charge in [-0.2, -0.15) is 0 Å². The van der Waals surface area contributed by atoms with Gasteiger partial charge in [-0.05, 0) is 29.2 Å². The third-order valence-electron chi connectivity index (χ3n) is 4.75. The molecule has 2 N–H and O–H groups in total. The number of benzene rings is 2. The quantitative estimate of drug-likeness (QED) is 0.923. The molecule has 0 aromatic heterocycles. The van der Waals surface area contributed by atoms with E-state index in [0.29, 0.717) is 13.0 Å². The number of hydrogen-bond acceptors (Lipinski definition) is 3. The summed E-state index contributed by atoms with van der Waals surface area (Å²) in [6, 6.07) is 14.9. The molecule has 4 heteroatoms. The third-order valence-corrected chi connectivity index (χ3v) is 4.75. The molecule has 0 saturated carbocycles. The summed E-state index contributed by atoms with van der Waals surface area (Å²) in [5, 5.41) is 2.46. The highest BCUT2D eigenvalue weighted by atomic mass is 16.5. The smallest absolute Gasteiger partial charge is 0.225 e. The zero-order valence-electron chi connectivity index (χ0n) is 13.6. The molecule has 4 nitrogen and oxygen atoms in total. The Bertz CT molecular complexity index is 677. The molecule has 1 amide bonds. The van der Waals surface area contributed by atoms with Crippen molar-refractivity contribution in [2.24, 2.45) is 5.73 Å². The summed E-state index contributed by atoms with van der Waals surface area (Å²) in [4.78, 5) is 14.7. The van der Waals surface area contributed by atoms with E-state index in [4.69, 9.17) is 10.5 Å². The molecule has 122 valence electrons. The first kappa shape index (κ1) is 16.0. The van der Waals surface area contributed by atoms with Crippen molar-refractivity contribution >= 4 is 16.7 Å². The van der Waals surface area contributed by atoms with Crippen LogP contribution in [0.3, 0.4) is 0 Å². The minimum Gasteiger partial charge on any atom is -0.380 e. The average molecular weight is 312 g/mol. The Morgan fingerprint density at radius 2 is 2.09 bits per heavy atom. The fraction of sp³-hybridized carbons (Fsp3) is 0.421. The fourth-order valence-electron chi connectivity index (χ4n) is 3.50. The van der Waals surface area contributed by atoms with Gasteiger partial charge in [0, 0.05) is 20.2 Å². The molecule has 0 bridgehead atoms. The van der Waals surface area contributed by atoms with E-state index in [9.17, 15) is 4.79 Å². The molecule has 1 aliphatic rings. The lowest BCUT2D eigenvalue weighted by atomic mass is 9.97. The van der Waals surface area contributed by atoms with Crippen molar-refractivity contribution in [1.29, 1.82) is 0 Å². The van der Waals surface area contributed by atoms with Gasteiger partial charge < -0.3 is 15.4 Å². The maximum absolute atomic E-state index is 12.7. The summed E-state index contributed by atoms with van der Waals surface area (Å²) in [6.45, 7) is 1.18. The molecule has 1 heterocycles. The molecule has 2 aromatic rings. The number of likely N-dealkylation sites (tertiary alicyclic amines) is 1. The van der Waals surface area contributed by atoms with Crippen LogP contribution in [0.4, 0.5) is 0 Å². The zero-order valence-corrected chi connectivity index (χ0v) is 13.6. The molecule has 1 fully saturated rings. The summed E-state index contributed by atoms with van der Waals surface area (Å²) in [5.74, 6) is 0.137. The lowest BCUT2D eigenvalue weighted by molar-refractivity contribution is -0.134. The predicted octanol–water partition coefficient (Wildman–Crippen LogP) is 2.87. The summed E-state index contributed by atoms with van der Waals surface area (Å²) < 4.78 is 5.27. The van der Waals surface area contributed by atoms with Crippen LogP contribution in [0, 0.1) is 0 Å². The molecule has 3 rings (SSSR count). The molecule has 0 unspecified atom stereocenters. The normalized spacial score (nSPS) is 19.2. The Morgan fingerprint density at radius 3 is 2.87 bits per heavy atom. The second-order valence-electron chi connectivity index (χ2n) is 6.11. The highest BCUT2D eigenvalue weighted by Gasteiger charge is 2.31. The minimum absolute atomic E-state index is 0.137. The first-order chi connectivity index (χ1) is 11.2. The molecular formula is C19H24N2O2. The predicted molar refractivity (Wildman–Crippen MR) is 92.1 cm³/mol. The summed E-state index contributed by atoms with van der Waals surface area (Å²) in [7, 11) is 1.61. The van der Waals surface area contributed by atoms with Crippen LogP contribution in [0.25, 0.3) is 10.8 Å². The SMILES string of the molecule is CO[C@H](CN)CC(=O)N1CCC[C@H]1c1cccc2ccccc12. The number of carbonyl (C=O) groups is 1. The van der Waals surface area contributed by atoms with E-state index in [-0.39, 0.29) is 18.1 Å². The molecule has 0 spiro atoms. The zero-order chi connectivity index (χ0) is 16.2. The number of amides is 1. The number of hydrogen-bond donors (Lipinski definition) is 1. The fourth-order valence-corrected chi connectivity index (χ4v) is 3.50. The van der Waals surface area contributed by atoms with Gasteiger partial charge in [-0.25, -0.2) is 0 Å². The molecule has 0 radical (unpaired) electrons. The Morgan fingerprint density at radius 1 is 1.30 bits per heavy atom. The lowest BCUT2D eigenvalue weighted by Gasteiger charge is -2.27. The van der Waals surface area contributed by atoms with Gasteiger partial charge in [0.25, 0.3) is 0 Å². The highest BCUT2D eigenvalue weighted by molar-refractivity contribution is 5.87. The van der Waals surface area contributed by atoms with Gasteiger partial charge in [-0.3, -0.25) is 4.79 Å². The van der Waals surface area contributed by atoms with E-state index < -0.39 is 0 Å². The summed E-state index contributed by atoms with van der Waals surface area (Å²) >= 11 is 0. The van der Waals surface area contributed by atoms with Crippen LogP contribution in [-0.4, -0.2) is 37.1 Å². The molecule has 23 heavy (non-hydrogen) atoms. The number of methoxy groups -OCH3 is 1. The summed E-state index contributed by atoms with van der Waals surface area (Å²) in [6.07, 6.45) is 2.21. The third kappa shape index (κ3) is 3.23. The van der Waals surface area contributed by atoms with Gasteiger partial charge in [-0.15, -0.1) is 0 Å². The minimum atomic E-state index is -0.198. The molecular weight excluding hydrogens is 288 g/mol. The van der Waals surface area contributed by atoms with E-state index in [1.54, 1.807) is 7.11 Å². The van der Waals surface area contributed by atoms with Gasteiger partial charge in [0.15, 0.2) is 0 Å². The van der Waals surface area contributed by atoms with E-state index in [2.05, 4.69) is 36.4 Å². The van der Waals surface area contributed by atoms with Crippen molar-refractivity contribution in [3.63, 3.8) is 0 Å². The Hall–Kier alpha value is -1.91. The van der Waals surface area contributed by atoms with Crippen molar-refractivity contribution in [3.05, 3.63) is 48.0 Å². The van der Waals surface area contributed by atoms with Crippen LogP contribution >= 0.6 is 0 Å². The number of carbonyl (C=O) groups excluding carboxylic acids is 1. The Kier molecular flexibility index (Phi) is 4.94. The van der Waals surface area contributed by atoms with Crippen molar-refractivity contribution < 1.29 is 9.53 Å². The van der Waals surface area contributed by atoms with Crippen LogP contribution in [-0.2, 0) is 9.53 Å². The van der Waals surface area contributed by atoms with Crippen LogP contribution < -0.4 is 5.73 Å². The number of nitrogens with two attached hydrogens (primary N) is 1. The largest absolute Gasteiger partial charge is 0.380 e. The van der Waals surface area contributed by atoms with E-state index in [1.165, 1.54) is 16.3 Å². The average Bonchev–Trinajstić information content (AvgIpc) is 3.08. The number of fused-ring (bicyclic) bond motifs is 1. The molecule has 1 saturated heterocycles. The Balaban J connectivity index is 1.87. The van der Waals surface area contributed by atoms with E-state index >= 15 is 0 Å². The maximum Gasteiger partial charge on any atom is 0.225 e. The second-order valence-corrected chi connectivity index (χ2v) is 6.11. The Labute approximate surface area is 137 Å². The van der Waals surface area contributed by atoms with Crippen molar-refractivity contribution in [2.45, 2.75) is 31.4 Å². The molecule has 2 atom stereocenters. The van der Waals surface area contributed by atoms with Gasteiger partial charge in [0.2, 0.25) is 5.91 Å². The first-order valence-electron chi connectivity index (χ1n) is 8.24. The van der Waals surface area contributed by atoms with Crippen molar-refractivity contribution in [2.75, 3.05) is 20.2 Å². The van der Waals surface area contributed by atoms with Crippen molar-refractivity contribution in [3.8, 4) is 0 Å². The number of ether oxygens (including phenoxy) is 1. The van der Waals surface area contributed by atoms with Crippen molar-refractivity contribution in [1.82, 2.24) is 4.90 Å². The maximum atomic E-state index is 12.7. The standard InChI is InChI=1S/C19H24N2O2/c1-23-15(13-20)12-19(22)21-11-5-10-18(21)17-9-4-7-14-6-2-3-8-16(14)17/h2-4,6-9,15,18H,5,10-13,20H2,1H3/t15-,18-/m0/s1. The van der Waals surface area contributed by atoms with Gasteiger partial charge >= 0.3 is 0 Å². The van der Waals surface area contributed by atoms with E-state index in [1.807, 2.05) is 11.0 Å². The summed E-state index contributed by atoms with van der Waals surface area (Å²) in [5.41, 5.74) is 6.90. The number of rotatable bonds is 5. The highest BCUT2D eigenvalue weighted by Crippen LogP contribution is 2.36. The lowest BCUT2D eigenvalue weighted by Crippen LogP contribution is -2.35. The first-order valence-corrected chi connectivity index (χ1v) is 8.24. The monoisotopic (exact) mass is 312 g/mol. The molecule has 0 aliphatic carbocycles. The topological polar surface area (TPSA) is 55.6 Å². The second kappa shape index (κ2) is 7.11. The number of nitrogens with zero attached hydrogens (tertiary/aromatic N) is 1.